The second kappa shape index (κ2) is 6.73. The number of aliphatic hydroxyl groups excluding tert-OH is 1. The van der Waals surface area contributed by atoms with Crippen molar-refractivity contribution in [1.82, 2.24) is 0 Å². The Morgan fingerprint density at radius 2 is 1.73 bits per heavy atom. The monoisotopic (exact) mass is 297 g/mol. The van der Waals surface area contributed by atoms with E-state index in [0.717, 1.165) is 11.1 Å². The minimum atomic E-state index is -0.813. The van der Waals surface area contributed by atoms with Crippen LogP contribution in [0, 0.1) is 6.92 Å². The molecule has 0 saturated carbocycles. The zero-order valence-corrected chi connectivity index (χ0v) is 12.3. The molecule has 0 aromatic heterocycles. The minimum Gasteiger partial charge on any atom is -0.384 e. The first kappa shape index (κ1) is 15.5. The first-order valence-electron chi connectivity index (χ1n) is 6.74. The molecule has 2 aromatic rings. The van der Waals surface area contributed by atoms with Crippen LogP contribution in [0.15, 0.2) is 58.5 Å². The van der Waals surface area contributed by atoms with Crippen LogP contribution in [-0.4, -0.2) is 17.0 Å². The van der Waals surface area contributed by atoms with Crippen molar-refractivity contribution >= 4 is 17.6 Å². The molecule has 6 nitrogen and oxygen atoms in total. The van der Waals surface area contributed by atoms with Crippen LogP contribution in [0.25, 0.3) is 0 Å². The van der Waals surface area contributed by atoms with Crippen molar-refractivity contribution in [2.24, 2.45) is 27.2 Å². The van der Waals surface area contributed by atoms with Gasteiger partial charge in [-0.2, -0.15) is 4.99 Å². The van der Waals surface area contributed by atoms with Gasteiger partial charge in [0.15, 0.2) is 5.96 Å². The van der Waals surface area contributed by atoms with E-state index in [9.17, 15) is 5.11 Å². The summed E-state index contributed by atoms with van der Waals surface area (Å²) in [4.78, 5) is 7.86. The highest BCUT2D eigenvalue weighted by Crippen LogP contribution is 2.31. The highest BCUT2D eigenvalue weighted by molar-refractivity contribution is 5.93. The number of nitrogens with zero attached hydrogens (tertiary/aromatic N) is 2. The summed E-state index contributed by atoms with van der Waals surface area (Å²) < 4.78 is 0. The molecule has 0 fully saturated rings. The van der Waals surface area contributed by atoms with Crippen molar-refractivity contribution in [2.75, 3.05) is 0 Å². The van der Waals surface area contributed by atoms with E-state index in [4.69, 9.17) is 17.2 Å². The number of guanidine groups is 2. The fourth-order valence-electron chi connectivity index (χ4n) is 2.09. The highest BCUT2D eigenvalue weighted by atomic mass is 16.3. The van der Waals surface area contributed by atoms with Gasteiger partial charge in [0.25, 0.3) is 0 Å². The molecule has 0 saturated heterocycles. The third-order valence-corrected chi connectivity index (χ3v) is 3.07. The molecule has 2 rings (SSSR count). The van der Waals surface area contributed by atoms with Gasteiger partial charge in [-0.1, -0.05) is 48.0 Å². The molecule has 22 heavy (non-hydrogen) atoms. The van der Waals surface area contributed by atoms with Crippen LogP contribution in [-0.2, 0) is 0 Å². The Hall–Kier alpha value is -2.86. The van der Waals surface area contributed by atoms with Crippen molar-refractivity contribution in [3.63, 3.8) is 0 Å². The molecule has 0 spiro atoms. The zero-order valence-electron chi connectivity index (χ0n) is 12.3. The van der Waals surface area contributed by atoms with E-state index < -0.39 is 6.10 Å². The second-order valence-corrected chi connectivity index (χ2v) is 4.88. The number of benzene rings is 2. The molecule has 0 radical (unpaired) electrons. The lowest BCUT2D eigenvalue weighted by Crippen LogP contribution is -2.26. The number of aryl methyl sites for hydroxylation is 1. The summed E-state index contributed by atoms with van der Waals surface area (Å²) in [6, 6.07) is 14.8. The SMILES string of the molecule is Cc1ccc(N=C(N)N=C(N)N)c(C(O)c2ccccc2)c1. The molecule has 0 aliphatic rings. The van der Waals surface area contributed by atoms with E-state index in [0.29, 0.717) is 11.3 Å². The van der Waals surface area contributed by atoms with E-state index in [-0.39, 0.29) is 11.9 Å². The van der Waals surface area contributed by atoms with Crippen molar-refractivity contribution < 1.29 is 5.11 Å². The summed E-state index contributed by atoms with van der Waals surface area (Å²) in [5.74, 6) is -0.233. The van der Waals surface area contributed by atoms with Crippen LogP contribution in [0.5, 0.6) is 0 Å². The molecule has 2 aromatic carbocycles. The Bertz CT molecular complexity index is 706. The van der Waals surface area contributed by atoms with Gasteiger partial charge >= 0.3 is 0 Å². The van der Waals surface area contributed by atoms with Gasteiger partial charge in [0.2, 0.25) is 5.96 Å². The maximum absolute atomic E-state index is 10.6. The molecule has 1 unspecified atom stereocenters. The summed E-state index contributed by atoms with van der Waals surface area (Å²) >= 11 is 0. The second-order valence-electron chi connectivity index (χ2n) is 4.88. The van der Waals surface area contributed by atoms with Crippen molar-refractivity contribution in [1.29, 1.82) is 0 Å². The summed E-state index contributed by atoms with van der Waals surface area (Å²) in [6.07, 6.45) is -0.813. The molecule has 6 heteroatoms. The van der Waals surface area contributed by atoms with Gasteiger partial charge in [0, 0.05) is 5.56 Å². The lowest BCUT2D eigenvalue weighted by molar-refractivity contribution is 0.221. The predicted molar refractivity (Wildman–Crippen MR) is 88.8 cm³/mol. The van der Waals surface area contributed by atoms with Crippen molar-refractivity contribution in [3.05, 3.63) is 65.2 Å². The summed E-state index contributed by atoms with van der Waals surface area (Å²) in [6.45, 7) is 1.94. The molecular formula is C16H19N5O. The Balaban J connectivity index is 2.47. The standard InChI is InChI=1S/C16H19N5O/c1-10-7-8-13(20-16(19)21-15(17)18)12(9-10)14(22)11-5-3-2-4-6-11/h2-9,14,22H,1H3,(H6,17,18,19,20,21). The molecule has 0 amide bonds. The molecule has 0 heterocycles. The van der Waals surface area contributed by atoms with Crippen molar-refractivity contribution in [3.8, 4) is 0 Å². The molecule has 0 aliphatic heterocycles. The Kier molecular flexibility index (Phi) is 4.75. The van der Waals surface area contributed by atoms with Gasteiger partial charge < -0.3 is 22.3 Å². The van der Waals surface area contributed by atoms with Gasteiger partial charge in [-0.15, -0.1) is 0 Å². The summed E-state index contributed by atoms with van der Waals surface area (Å²) in [5.41, 5.74) is 19.2. The fourth-order valence-corrected chi connectivity index (χ4v) is 2.09. The van der Waals surface area contributed by atoms with E-state index in [1.165, 1.54) is 0 Å². The lowest BCUT2D eigenvalue weighted by Gasteiger charge is -2.15. The predicted octanol–water partition coefficient (Wildman–Crippen LogP) is 1.30. The number of nitrogens with two attached hydrogens (primary N) is 3. The summed E-state index contributed by atoms with van der Waals surface area (Å²) in [5, 5.41) is 10.6. The smallest absolute Gasteiger partial charge is 0.223 e. The number of rotatable bonds is 3. The molecule has 7 N–H and O–H groups in total. The van der Waals surface area contributed by atoms with Gasteiger partial charge in [-0.3, -0.25) is 0 Å². The van der Waals surface area contributed by atoms with Gasteiger partial charge in [-0.25, -0.2) is 4.99 Å². The van der Waals surface area contributed by atoms with E-state index >= 15 is 0 Å². The topological polar surface area (TPSA) is 123 Å². The maximum Gasteiger partial charge on any atom is 0.223 e. The third kappa shape index (κ3) is 3.83. The van der Waals surface area contributed by atoms with Gasteiger partial charge in [-0.05, 0) is 18.6 Å². The molecule has 0 bridgehead atoms. The third-order valence-electron chi connectivity index (χ3n) is 3.07. The van der Waals surface area contributed by atoms with Crippen LogP contribution < -0.4 is 17.2 Å². The lowest BCUT2D eigenvalue weighted by atomic mass is 9.98. The van der Waals surface area contributed by atoms with E-state index in [2.05, 4.69) is 9.98 Å². The van der Waals surface area contributed by atoms with Crippen LogP contribution in [0.1, 0.15) is 22.8 Å². The fraction of sp³-hybridized carbons (Fsp3) is 0.125. The van der Waals surface area contributed by atoms with E-state index in [1.807, 2.05) is 49.4 Å². The van der Waals surface area contributed by atoms with Gasteiger partial charge in [0.05, 0.1) is 5.69 Å². The largest absolute Gasteiger partial charge is 0.384 e. The van der Waals surface area contributed by atoms with Crippen LogP contribution in [0.4, 0.5) is 5.69 Å². The highest BCUT2D eigenvalue weighted by Gasteiger charge is 2.15. The normalized spacial score (nSPS) is 12.7. The zero-order chi connectivity index (χ0) is 16.1. The number of hydrogen-bond acceptors (Lipinski definition) is 2. The van der Waals surface area contributed by atoms with Crippen LogP contribution in [0.2, 0.25) is 0 Å². The minimum absolute atomic E-state index is 0.0645. The molecule has 0 aliphatic carbocycles. The van der Waals surface area contributed by atoms with Crippen LogP contribution in [0.3, 0.4) is 0 Å². The average molecular weight is 297 g/mol. The Morgan fingerprint density at radius 3 is 2.36 bits per heavy atom. The van der Waals surface area contributed by atoms with Crippen molar-refractivity contribution in [2.45, 2.75) is 13.0 Å². The van der Waals surface area contributed by atoms with Crippen LogP contribution >= 0.6 is 0 Å². The van der Waals surface area contributed by atoms with E-state index in [1.54, 1.807) is 6.07 Å². The number of aliphatic hydroxyl groups is 1. The number of hydrogen-bond donors (Lipinski definition) is 4. The quantitative estimate of drug-likeness (QED) is 0.503. The maximum atomic E-state index is 10.6. The average Bonchev–Trinajstić information content (AvgIpc) is 2.48. The molecule has 114 valence electrons. The molecular weight excluding hydrogens is 278 g/mol. The summed E-state index contributed by atoms with van der Waals surface area (Å²) in [7, 11) is 0. The Labute approximate surface area is 129 Å². The first-order valence-corrected chi connectivity index (χ1v) is 6.74. The van der Waals surface area contributed by atoms with Gasteiger partial charge in [0.1, 0.15) is 6.10 Å². The molecule has 1 atom stereocenters. The number of aliphatic imine (C=N–C) groups is 2. The first-order chi connectivity index (χ1) is 10.5. The Morgan fingerprint density at radius 1 is 1.05 bits per heavy atom.